The Morgan fingerprint density at radius 3 is 2.42 bits per heavy atom. The van der Waals surface area contributed by atoms with Crippen LogP contribution in [0.3, 0.4) is 0 Å². The number of halogens is 1. The van der Waals surface area contributed by atoms with Gasteiger partial charge in [-0.25, -0.2) is 14.0 Å². The maximum absolute atomic E-state index is 13.5. The molecule has 1 aliphatic carbocycles. The van der Waals surface area contributed by atoms with Gasteiger partial charge in [0.05, 0.1) is 13.1 Å². The highest BCUT2D eigenvalue weighted by molar-refractivity contribution is 7.98. The summed E-state index contributed by atoms with van der Waals surface area (Å²) in [4.78, 5) is 39.2. The number of urea groups is 1. The number of carbonyl (C=O) groups is 3. The molecular formula is C31H32FN3O4S. The fourth-order valence-electron chi connectivity index (χ4n) is 4.44. The number of amides is 3. The highest BCUT2D eigenvalue weighted by Gasteiger charge is 2.19. The number of carboxylic acid groups (broad SMARTS) is 1. The molecule has 0 aromatic heterocycles. The van der Waals surface area contributed by atoms with Crippen LogP contribution < -0.4 is 15.5 Å². The fraction of sp³-hybridized carbons (Fsp3) is 0.258. The summed E-state index contributed by atoms with van der Waals surface area (Å²) in [7, 11) is 0. The maximum Gasteiger partial charge on any atom is 0.340 e. The molecule has 3 aromatic carbocycles. The smallest absolute Gasteiger partial charge is 0.340 e. The van der Waals surface area contributed by atoms with Crippen molar-refractivity contribution in [3.63, 3.8) is 0 Å². The van der Waals surface area contributed by atoms with Crippen molar-refractivity contribution >= 4 is 46.6 Å². The highest BCUT2D eigenvalue weighted by Crippen LogP contribution is 2.29. The van der Waals surface area contributed by atoms with E-state index in [1.807, 2.05) is 54.8 Å². The Labute approximate surface area is 237 Å². The predicted octanol–water partition coefficient (Wildman–Crippen LogP) is 6.76. The van der Waals surface area contributed by atoms with E-state index in [9.17, 15) is 18.8 Å². The predicted molar refractivity (Wildman–Crippen MR) is 158 cm³/mol. The molecule has 0 saturated carbocycles. The summed E-state index contributed by atoms with van der Waals surface area (Å²) in [5.41, 5.74) is 4.94. The minimum atomic E-state index is -2.17. The van der Waals surface area contributed by atoms with Crippen molar-refractivity contribution < 1.29 is 23.9 Å². The summed E-state index contributed by atoms with van der Waals surface area (Å²) in [6, 6.07) is 21.9. The Hall–Kier alpha value is -4.11. The van der Waals surface area contributed by atoms with E-state index in [1.165, 1.54) is 18.4 Å². The molecule has 4 rings (SSSR count). The molecule has 9 heteroatoms. The second-order valence-electron chi connectivity index (χ2n) is 9.48. The lowest BCUT2D eigenvalue weighted by Gasteiger charge is -2.24. The van der Waals surface area contributed by atoms with Crippen LogP contribution in [0.2, 0.25) is 0 Å². The molecule has 3 amide bonds. The van der Waals surface area contributed by atoms with Gasteiger partial charge < -0.3 is 15.7 Å². The summed E-state index contributed by atoms with van der Waals surface area (Å²) in [6.45, 7) is -0.377. The molecule has 1 atom stereocenters. The van der Waals surface area contributed by atoms with Crippen molar-refractivity contribution in [3.05, 3.63) is 95.6 Å². The first-order chi connectivity index (χ1) is 19.3. The number of hydrogen-bond donors (Lipinski definition) is 3. The summed E-state index contributed by atoms with van der Waals surface area (Å²) in [5, 5.41) is 13.9. The number of nitrogens with one attached hydrogen (secondary N) is 2. The van der Waals surface area contributed by atoms with Gasteiger partial charge in [0.1, 0.15) is 0 Å². The largest absolute Gasteiger partial charge is 0.479 e. The van der Waals surface area contributed by atoms with E-state index < -0.39 is 24.6 Å². The molecule has 0 heterocycles. The lowest BCUT2D eigenvalue weighted by molar-refractivity contribution is -0.142. The first-order valence-electron chi connectivity index (χ1n) is 13.1. The van der Waals surface area contributed by atoms with Crippen molar-refractivity contribution in [2.24, 2.45) is 0 Å². The van der Waals surface area contributed by atoms with Crippen LogP contribution >= 0.6 is 11.8 Å². The minimum Gasteiger partial charge on any atom is -0.479 e. The Balaban J connectivity index is 1.53. The molecule has 208 valence electrons. The Bertz CT molecular complexity index is 1380. The molecule has 40 heavy (non-hydrogen) atoms. The van der Waals surface area contributed by atoms with E-state index >= 15 is 0 Å². The van der Waals surface area contributed by atoms with Crippen LogP contribution in [0.15, 0.2) is 83.8 Å². The third-order valence-electron chi connectivity index (χ3n) is 6.67. The third kappa shape index (κ3) is 7.72. The lowest BCUT2D eigenvalue weighted by Crippen LogP contribution is -2.35. The molecule has 0 fully saturated rings. The number of rotatable bonds is 10. The quantitative estimate of drug-likeness (QED) is 0.238. The zero-order valence-electron chi connectivity index (χ0n) is 22.2. The van der Waals surface area contributed by atoms with Crippen LogP contribution in [0.1, 0.15) is 47.2 Å². The SMILES string of the molecule is CSc1cccc(NC(=O)N(Cc2ccc(C(=O)NCC(F)C(=O)O)cc2)c2ccc(C3=CCCCC3)cc2)c1. The molecular weight excluding hydrogens is 529 g/mol. The van der Waals surface area contributed by atoms with Gasteiger partial charge in [0.15, 0.2) is 0 Å². The van der Waals surface area contributed by atoms with Crippen molar-refractivity contribution in [1.82, 2.24) is 5.32 Å². The van der Waals surface area contributed by atoms with Gasteiger partial charge in [-0.1, -0.05) is 36.4 Å². The first kappa shape index (κ1) is 28.9. The van der Waals surface area contributed by atoms with Gasteiger partial charge in [-0.05, 0) is 91.1 Å². The van der Waals surface area contributed by atoms with Crippen molar-refractivity contribution in [3.8, 4) is 0 Å². The van der Waals surface area contributed by atoms with Crippen molar-refractivity contribution in [1.29, 1.82) is 0 Å². The number of hydrogen-bond acceptors (Lipinski definition) is 4. The van der Waals surface area contributed by atoms with E-state index in [2.05, 4.69) is 16.7 Å². The Morgan fingerprint density at radius 2 is 1.77 bits per heavy atom. The van der Waals surface area contributed by atoms with E-state index in [-0.39, 0.29) is 18.1 Å². The van der Waals surface area contributed by atoms with Crippen molar-refractivity contribution in [2.75, 3.05) is 23.0 Å². The average molecular weight is 562 g/mol. The van der Waals surface area contributed by atoms with E-state index in [1.54, 1.807) is 40.9 Å². The highest BCUT2D eigenvalue weighted by atomic mass is 32.2. The van der Waals surface area contributed by atoms with Crippen LogP contribution in [-0.4, -0.2) is 42.0 Å². The maximum atomic E-state index is 13.5. The third-order valence-corrected chi connectivity index (χ3v) is 7.40. The molecule has 1 unspecified atom stereocenters. The molecule has 7 nitrogen and oxygen atoms in total. The van der Waals surface area contributed by atoms with Gasteiger partial charge in [0.2, 0.25) is 6.17 Å². The normalized spacial score (nSPS) is 13.6. The molecule has 0 aliphatic heterocycles. The van der Waals surface area contributed by atoms with Crippen LogP contribution in [0.5, 0.6) is 0 Å². The van der Waals surface area contributed by atoms with Crippen LogP contribution in [-0.2, 0) is 11.3 Å². The molecule has 0 saturated heterocycles. The second-order valence-corrected chi connectivity index (χ2v) is 10.4. The molecule has 0 radical (unpaired) electrons. The summed E-state index contributed by atoms with van der Waals surface area (Å²) in [5.74, 6) is -2.20. The van der Waals surface area contributed by atoms with Gasteiger partial charge in [0, 0.05) is 21.8 Å². The van der Waals surface area contributed by atoms with Crippen LogP contribution in [0.25, 0.3) is 5.57 Å². The number of thioether (sulfide) groups is 1. The topological polar surface area (TPSA) is 98.7 Å². The fourth-order valence-corrected chi connectivity index (χ4v) is 4.90. The Morgan fingerprint density at radius 1 is 1.02 bits per heavy atom. The number of carboxylic acids is 1. The summed E-state index contributed by atoms with van der Waals surface area (Å²) < 4.78 is 13.3. The number of aliphatic carboxylic acids is 1. The van der Waals surface area contributed by atoms with Gasteiger partial charge in [-0.3, -0.25) is 9.69 Å². The molecule has 0 spiro atoms. The second kappa shape index (κ2) is 13.8. The van der Waals surface area contributed by atoms with E-state index in [0.29, 0.717) is 5.69 Å². The standard InChI is InChI=1S/C31H32FN3O4S/c1-40-27-9-5-8-25(18-27)34-31(39)35(26-16-14-23(15-17-26)22-6-3-2-4-7-22)20-21-10-12-24(13-11-21)29(36)33-19-28(32)30(37)38/h5-6,8-18,28H,2-4,7,19-20H2,1H3,(H,33,36)(H,34,39)(H,37,38). The van der Waals surface area contributed by atoms with E-state index in [4.69, 9.17) is 5.11 Å². The van der Waals surface area contributed by atoms with Gasteiger partial charge in [-0.2, -0.15) is 0 Å². The molecule has 0 bridgehead atoms. The zero-order chi connectivity index (χ0) is 28.5. The number of carbonyl (C=O) groups excluding carboxylic acids is 2. The lowest BCUT2D eigenvalue weighted by atomic mass is 9.93. The average Bonchev–Trinajstić information content (AvgIpc) is 2.99. The monoisotopic (exact) mass is 561 g/mol. The summed E-state index contributed by atoms with van der Waals surface area (Å²) in [6.07, 6.45) is 6.62. The van der Waals surface area contributed by atoms with Crippen LogP contribution in [0.4, 0.5) is 20.6 Å². The van der Waals surface area contributed by atoms with E-state index in [0.717, 1.165) is 34.6 Å². The summed E-state index contributed by atoms with van der Waals surface area (Å²) >= 11 is 1.59. The minimum absolute atomic E-state index is 0.240. The molecule has 3 N–H and O–H groups in total. The molecule has 1 aliphatic rings. The number of anilines is 2. The van der Waals surface area contributed by atoms with Gasteiger partial charge in [0.25, 0.3) is 5.91 Å². The van der Waals surface area contributed by atoms with Gasteiger partial charge >= 0.3 is 12.0 Å². The zero-order valence-corrected chi connectivity index (χ0v) is 23.0. The first-order valence-corrected chi connectivity index (χ1v) is 14.3. The van der Waals surface area contributed by atoms with Crippen molar-refractivity contribution in [2.45, 2.75) is 43.3 Å². The number of alkyl halides is 1. The number of benzene rings is 3. The number of allylic oxidation sites excluding steroid dienone is 2. The van der Waals surface area contributed by atoms with Gasteiger partial charge in [-0.15, -0.1) is 11.8 Å². The molecule has 3 aromatic rings. The Kier molecular flexibility index (Phi) is 9.96. The number of nitrogens with zero attached hydrogens (tertiary/aromatic N) is 1. The van der Waals surface area contributed by atoms with Crippen LogP contribution in [0, 0.1) is 0 Å².